The summed E-state index contributed by atoms with van der Waals surface area (Å²) < 4.78 is 0. The summed E-state index contributed by atoms with van der Waals surface area (Å²) in [6.07, 6.45) is 5.29. The van der Waals surface area contributed by atoms with Gasteiger partial charge in [0.15, 0.2) is 0 Å². The van der Waals surface area contributed by atoms with Crippen LogP contribution in [0.1, 0.15) is 5.69 Å². The number of hydrazone groups is 1. The van der Waals surface area contributed by atoms with E-state index in [-0.39, 0.29) is 0 Å². The number of aromatic nitrogens is 1. The van der Waals surface area contributed by atoms with E-state index in [0.717, 1.165) is 11.4 Å². The molecule has 0 atom stereocenters. The minimum atomic E-state index is 0.899. The third-order valence-corrected chi connectivity index (χ3v) is 1.51. The molecule has 2 rings (SSSR count). The van der Waals surface area contributed by atoms with Crippen LogP contribution >= 0.6 is 0 Å². The van der Waals surface area contributed by atoms with Gasteiger partial charge in [0.25, 0.3) is 0 Å². The number of nitrogens with zero attached hydrogens (tertiary/aromatic N) is 2. The second kappa shape index (κ2) is 3.04. The van der Waals surface area contributed by atoms with Gasteiger partial charge in [-0.3, -0.25) is 10.4 Å². The van der Waals surface area contributed by atoms with Crippen molar-refractivity contribution in [2.75, 3.05) is 0 Å². The monoisotopic (exact) mass is 160 g/mol. The topological polar surface area (TPSA) is 49.3 Å². The predicted molar refractivity (Wildman–Crippen MR) is 47.0 cm³/mol. The normalized spacial score (nSPS) is 14.5. The second-order valence-electron chi connectivity index (χ2n) is 2.31. The van der Waals surface area contributed by atoms with Crippen LogP contribution in [-0.2, 0) is 0 Å². The summed E-state index contributed by atoms with van der Waals surface area (Å²) in [6, 6.07) is 5.75. The lowest BCUT2D eigenvalue weighted by molar-refractivity contribution is 0.677. The number of hydrazine groups is 1. The third-order valence-electron chi connectivity index (χ3n) is 1.51. The molecule has 1 aromatic heterocycles. The van der Waals surface area contributed by atoms with Crippen molar-refractivity contribution in [2.45, 2.75) is 0 Å². The average molecular weight is 160 g/mol. The number of rotatable bonds is 1. The fourth-order valence-corrected chi connectivity index (χ4v) is 0.955. The zero-order valence-electron chi connectivity index (χ0n) is 6.36. The van der Waals surface area contributed by atoms with Crippen LogP contribution in [0, 0.1) is 0 Å². The molecule has 4 nitrogen and oxygen atoms in total. The van der Waals surface area contributed by atoms with Crippen molar-refractivity contribution >= 4 is 11.9 Å². The first-order valence-corrected chi connectivity index (χ1v) is 3.62. The van der Waals surface area contributed by atoms with Gasteiger partial charge in [-0.05, 0) is 18.2 Å². The highest BCUT2D eigenvalue weighted by Gasteiger charge is 2.01. The summed E-state index contributed by atoms with van der Waals surface area (Å²) in [6.45, 7) is 0. The first kappa shape index (κ1) is 6.84. The number of nitrogens with one attached hydrogen (secondary N) is 2. The van der Waals surface area contributed by atoms with Crippen molar-refractivity contribution in [2.24, 2.45) is 5.10 Å². The highest BCUT2D eigenvalue weighted by Crippen LogP contribution is 2.06. The van der Waals surface area contributed by atoms with Crippen LogP contribution < -0.4 is 11.0 Å². The Morgan fingerprint density at radius 2 is 2.25 bits per heavy atom. The SMILES string of the molecule is C1=NNNC(c2ccccn2)=C1. The van der Waals surface area contributed by atoms with E-state index >= 15 is 0 Å². The highest BCUT2D eigenvalue weighted by molar-refractivity contribution is 5.83. The summed E-state index contributed by atoms with van der Waals surface area (Å²) >= 11 is 0. The van der Waals surface area contributed by atoms with Gasteiger partial charge >= 0.3 is 0 Å². The Morgan fingerprint density at radius 3 is 2.92 bits per heavy atom. The van der Waals surface area contributed by atoms with Gasteiger partial charge in [0.2, 0.25) is 0 Å². The maximum Gasteiger partial charge on any atom is 0.0880 e. The quantitative estimate of drug-likeness (QED) is 0.629. The molecule has 0 saturated carbocycles. The van der Waals surface area contributed by atoms with Gasteiger partial charge in [-0.2, -0.15) is 5.10 Å². The van der Waals surface area contributed by atoms with Crippen molar-refractivity contribution in [1.29, 1.82) is 0 Å². The summed E-state index contributed by atoms with van der Waals surface area (Å²) in [5.41, 5.74) is 7.35. The van der Waals surface area contributed by atoms with Gasteiger partial charge in [0.05, 0.1) is 17.6 Å². The highest BCUT2D eigenvalue weighted by atomic mass is 15.6. The largest absolute Gasteiger partial charge is 0.283 e. The number of hydrogen-bond acceptors (Lipinski definition) is 4. The average Bonchev–Trinajstić information content (AvgIpc) is 2.21. The smallest absolute Gasteiger partial charge is 0.0880 e. The van der Waals surface area contributed by atoms with Gasteiger partial charge in [0, 0.05) is 6.20 Å². The van der Waals surface area contributed by atoms with Crippen molar-refractivity contribution in [1.82, 2.24) is 15.9 Å². The lowest BCUT2D eigenvalue weighted by Crippen LogP contribution is -2.28. The molecule has 0 aromatic carbocycles. The fraction of sp³-hybridized carbons (Fsp3) is 0. The summed E-state index contributed by atoms with van der Waals surface area (Å²) in [5.74, 6) is 0. The van der Waals surface area contributed by atoms with Crippen molar-refractivity contribution < 1.29 is 0 Å². The molecule has 1 aliphatic heterocycles. The molecule has 12 heavy (non-hydrogen) atoms. The molecule has 0 radical (unpaired) electrons. The predicted octanol–water partition coefficient (Wildman–Crippen LogP) is 0.516. The molecule has 0 fully saturated rings. The van der Waals surface area contributed by atoms with Gasteiger partial charge in [-0.15, -0.1) is 0 Å². The van der Waals surface area contributed by atoms with E-state index in [9.17, 15) is 0 Å². The van der Waals surface area contributed by atoms with Crippen LogP contribution in [0.2, 0.25) is 0 Å². The number of hydrogen-bond donors (Lipinski definition) is 2. The van der Waals surface area contributed by atoms with E-state index < -0.39 is 0 Å². The molecular formula is C8H8N4. The first-order chi connectivity index (χ1) is 5.97. The second-order valence-corrected chi connectivity index (χ2v) is 2.31. The van der Waals surface area contributed by atoms with Crippen LogP contribution in [0.4, 0.5) is 0 Å². The molecule has 1 aliphatic rings. The molecule has 0 amide bonds. The molecule has 60 valence electrons. The van der Waals surface area contributed by atoms with Gasteiger partial charge in [0.1, 0.15) is 0 Å². The van der Waals surface area contributed by atoms with Gasteiger partial charge < -0.3 is 0 Å². The van der Waals surface area contributed by atoms with E-state index in [2.05, 4.69) is 21.0 Å². The molecule has 1 aromatic rings. The Kier molecular flexibility index (Phi) is 1.74. The number of pyridine rings is 1. The maximum atomic E-state index is 4.17. The van der Waals surface area contributed by atoms with E-state index in [1.807, 2.05) is 24.3 Å². The molecular weight excluding hydrogens is 152 g/mol. The van der Waals surface area contributed by atoms with Gasteiger partial charge in [-0.1, -0.05) is 6.07 Å². The molecule has 0 unspecified atom stereocenters. The lowest BCUT2D eigenvalue weighted by Gasteiger charge is -2.11. The van der Waals surface area contributed by atoms with Crippen molar-refractivity contribution in [3.63, 3.8) is 0 Å². The minimum absolute atomic E-state index is 0.899. The van der Waals surface area contributed by atoms with Gasteiger partial charge in [-0.25, -0.2) is 5.53 Å². The molecule has 4 heteroatoms. The van der Waals surface area contributed by atoms with E-state index in [1.54, 1.807) is 12.4 Å². The maximum absolute atomic E-state index is 4.17. The summed E-state index contributed by atoms with van der Waals surface area (Å²) in [5, 5.41) is 3.76. The van der Waals surface area contributed by atoms with E-state index in [1.165, 1.54) is 0 Å². The van der Waals surface area contributed by atoms with Crippen LogP contribution in [0.15, 0.2) is 35.6 Å². The Balaban J connectivity index is 2.31. The Hall–Kier alpha value is -1.84. The standard InChI is InChI=1S/C8H8N4/c1-2-5-9-7(3-1)8-4-6-10-12-11-8/h1-6,11-12H. The summed E-state index contributed by atoms with van der Waals surface area (Å²) in [7, 11) is 0. The van der Waals surface area contributed by atoms with E-state index in [0.29, 0.717) is 0 Å². The van der Waals surface area contributed by atoms with Crippen LogP contribution in [0.5, 0.6) is 0 Å². The first-order valence-electron chi connectivity index (χ1n) is 3.62. The Labute approximate surface area is 70.0 Å². The van der Waals surface area contributed by atoms with Crippen LogP contribution in [0.25, 0.3) is 5.70 Å². The Morgan fingerprint density at radius 1 is 1.25 bits per heavy atom. The number of allylic oxidation sites excluding steroid dienone is 1. The molecule has 0 saturated heterocycles. The molecule has 2 N–H and O–H groups in total. The van der Waals surface area contributed by atoms with Crippen LogP contribution in [0.3, 0.4) is 0 Å². The zero-order chi connectivity index (χ0) is 8.23. The van der Waals surface area contributed by atoms with E-state index in [4.69, 9.17) is 0 Å². The zero-order valence-corrected chi connectivity index (χ0v) is 6.36. The fourth-order valence-electron chi connectivity index (χ4n) is 0.955. The summed E-state index contributed by atoms with van der Waals surface area (Å²) in [4.78, 5) is 4.17. The molecule has 2 heterocycles. The van der Waals surface area contributed by atoms with Crippen molar-refractivity contribution in [3.05, 3.63) is 36.2 Å². The van der Waals surface area contributed by atoms with Crippen molar-refractivity contribution in [3.8, 4) is 0 Å². The molecule has 0 spiro atoms. The molecule has 0 bridgehead atoms. The molecule has 0 aliphatic carbocycles. The van der Waals surface area contributed by atoms with Crippen LogP contribution in [-0.4, -0.2) is 11.2 Å². The lowest BCUT2D eigenvalue weighted by atomic mass is 10.2. The Bertz CT molecular complexity index is 315. The minimum Gasteiger partial charge on any atom is -0.283 e. The third kappa shape index (κ3) is 1.27.